The third-order valence-electron chi connectivity index (χ3n) is 6.32. The molecule has 2 aromatic heterocycles. The molecule has 9 nitrogen and oxygen atoms in total. The summed E-state index contributed by atoms with van der Waals surface area (Å²) < 4.78 is 13.3. The van der Waals surface area contributed by atoms with Gasteiger partial charge < -0.3 is 19.7 Å². The number of amides is 2. The number of nitrogens with one attached hydrogen (secondary N) is 1. The van der Waals surface area contributed by atoms with Gasteiger partial charge in [-0.25, -0.2) is 14.8 Å². The van der Waals surface area contributed by atoms with Crippen molar-refractivity contribution in [2.75, 3.05) is 44.7 Å². The lowest BCUT2D eigenvalue weighted by Crippen LogP contribution is -2.49. The van der Waals surface area contributed by atoms with Gasteiger partial charge in [0.25, 0.3) is 0 Å². The Morgan fingerprint density at radius 2 is 1.71 bits per heavy atom. The SMILES string of the molecule is O=C(Nc1ccc2c(c1)OCCO2)N1CCN(Cc2nc3cccnc3n2-c2ccccc2)CC1. The second kappa shape index (κ2) is 9.27. The predicted molar refractivity (Wildman–Crippen MR) is 132 cm³/mol. The highest BCUT2D eigenvalue weighted by atomic mass is 16.6. The number of aromatic nitrogens is 3. The van der Waals surface area contributed by atoms with Gasteiger partial charge in [0, 0.05) is 49.8 Å². The quantitative estimate of drug-likeness (QED) is 0.491. The molecule has 2 aromatic carbocycles. The number of carbonyl (C=O) groups excluding carboxylic acids is 1. The molecule has 6 rings (SSSR count). The average molecular weight is 471 g/mol. The van der Waals surface area contributed by atoms with Crippen LogP contribution in [0.15, 0.2) is 66.9 Å². The number of urea groups is 1. The second-order valence-corrected chi connectivity index (χ2v) is 8.60. The molecule has 1 fully saturated rings. The van der Waals surface area contributed by atoms with Crippen LogP contribution >= 0.6 is 0 Å². The summed E-state index contributed by atoms with van der Waals surface area (Å²) >= 11 is 0. The van der Waals surface area contributed by atoms with Gasteiger partial charge in [-0.05, 0) is 36.4 Å². The van der Waals surface area contributed by atoms with Crippen molar-refractivity contribution in [2.24, 2.45) is 0 Å². The minimum atomic E-state index is -0.109. The first-order valence-electron chi connectivity index (χ1n) is 11.8. The van der Waals surface area contributed by atoms with Crippen LogP contribution in [0.2, 0.25) is 0 Å². The zero-order valence-corrected chi connectivity index (χ0v) is 19.3. The fourth-order valence-electron chi connectivity index (χ4n) is 4.55. The second-order valence-electron chi connectivity index (χ2n) is 8.60. The van der Waals surface area contributed by atoms with Crippen molar-refractivity contribution in [3.63, 3.8) is 0 Å². The summed E-state index contributed by atoms with van der Waals surface area (Å²) in [5.74, 6) is 2.31. The zero-order chi connectivity index (χ0) is 23.6. The fraction of sp³-hybridized carbons (Fsp3) is 0.269. The number of ether oxygens (including phenoxy) is 2. The van der Waals surface area contributed by atoms with Crippen molar-refractivity contribution < 1.29 is 14.3 Å². The Hall–Kier alpha value is -4.11. The molecule has 4 heterocycles. The minimum Gasteiger partial charge on any atom is -0.486 e. The van der Waals surface area contributed by atoms with E-state index in [0.717, 1.165) is 35.8 Å². The highest BCUT2D eigenvalue weighted by Crippen LogP contribution is 2.32. The molecule has 9 heteroatoms. The molecule has 0 unspecified atom stereocenters. The fourth-order valence-corrected chi connectivity index (χ4v) is 4.55. The molecule has 4 aromatic rings. The van der Waals surface area contributed by atoms with Gasteiger partial charge in [-0.15, -0.1) is 0 Å². The Morgan fingerprint density at radius 1 is 0.914 bits per heavy atom. The van der Waals surface area contributed by atoms with Crippen LogP contribution < -0.4 is 14.8 Å². The summed E-state index contributed by atoms with van der Waals surface area (Å²) in [5.41, 5.74) is 3.47. The van der Waals surface area contributed by atoms with E-state index in [1.54, 1.807) is 6.20 Å². The number of piperazine rings is 1. The smallest absolute Gasteiger partial charge is 0.321 e. The Labute approximate surface area is 202 Å². The molecule has 0 aliphatic carbocycles. The molecule has 0 spiro atoms. The van der Waals surface area contributed by atoms with E-state index in [2.05, 4.69) is 31.9 Å². The Bertz CT molecular complexity index is 1350. The van der Waals surface area contributed by atoms with Crippen LogP contribution in [0.25, 0.3) is 16.9 Å². The van der Waals surface area contributed by atoms with Crippen molar-refractivity contribution in [1.29, 1.82) is 0 Å². The van der Waals surface area contributed by atoms with Crippen LogP contribution in [0.5, 0.6) is 11.5 Å². The number of hydrogen-bond donors (Lipinski definition) is 1. The van der Waals surface area contributed by atoms with Crippen LogP contribution in [-0.2, 0) is 6.54 Å². The van der Waals surface area contributed by atoms with Gasteiger partial charge in [0.2, 0.25) is 0 Å². The maximum absolute atomic E-state index is 12.9. The van der Waals surface area contributed by atoms with Gasteiger partial charge in [0.1, 0.15) is 24.6 Å². The lowest BCUT2D eigenvalue weighted by molar-refractivity contribution is 0.140. The summed E-state index contributed by atoms with van der Waals surface area (Å²) in [6.45, 7) is 4.55. The van der Waals surface area contributed by atoms with Crippen molar-refractivity contribution in [1.82, 2.24) is 24.3 Å². The number of pyridine rings is 1. The van der Waals surface area contributed by atoms with E-state index in [1.807, 2.05) is 53.4 Å². The van der Waals surface area contributed by atoms with Crippen molar-refractivity contribution >= 4 is 22.9 Å². The Balaban J connectivity index is 1.12. The van der Waals surface area contributed by atoms with Crippen LogP contribution in [0.1, 0.15) is 5.82 Å². The van der Waals surface area contributed by atoms with E-state index < -0.39 is 0 Å². The molecule has 178 valence electrons. The molecular weight excluding hydrogens is 444 g/mol. The number of nitrogens with zero attached hydrogens (tertiary/aromatic N) is 5. The summed E-state index contributed by atoms with van der Waals surface area (Å²) in [6.07, 6.45) is 1.80. The van der Waals surface area contributed by atoms with E-state index in [0.29, 0.717) is 50.0 Å². The first-order valence-corrected chi connectivity index (χ1v) is 11.8. The lowest BCUT2D eigenvalue weighted by atomic mass is 10.2. The molecule has 0 saturated carbocycles. The van der Waals surface area contributed by atoms with E-state index >= 15 is 0 Å². The molecule has 0 atom stereocenters. The van der Waals surface area contributed by atoms with E-state index in [1.165, 1.54) is 0 Å². The van der Waals surface area contributed by atoms with Crippen molar-refractivity contribution in [2.45, 2.75) is 6.54 Å². The Kier molecular flexibility index (Phi) is 5.67. The van der Waals surface area contributed by atoms with Gasteiger partial charge >= 0.3 is 6.03 Å². The number of anilines is 1. The third kappa shape index (κ3) is 4.38. The van der Waals surface area contributed by atoms with E-state index in [-0.39, 0.29) is 6.03 Å². The number of carbonyl (C=O) groups is 1. The standard InChI is InChI=1S/C26H26N6O3/c33-26(28-19-8-9-22-23(17-19)35-16-15-34-22)31-13-11-30(12-14-31)18-24-29-21-7-4-10-27-25(21)32(24)20-5-2-1-3-6-20/h1-10,17H,11-16,18H2,(H,28,33). The summed E-state index contributed by atoms with van der Waals surface area (Å²) in [5, 5.41) is 2.98. The van der Waals surface area contributed by atoms with Gasteiger partial charge in [-0.3, -0.25) is 9.47 Å². The number of rotatable bonds is 4. The third-order valence-corrected chi connectivity index (χ3v) is 6.32. The number of imidazole rings is 1. The first kappa shape index (κ1) is 21.4. The van der Waals surface area contributed by atoms with Crippen molar-refractivity contribution in [3.05, 3.63) is 72.7 Å². The largest absolute Gasteiger partial charge is 0.486 e. The molecule has 0 radical (unpaired) electrons. The summed E-state index contributed by atoms with van der Waals surface area (Å²) in [4.78, 5) is 26.5. The van der Waals surface area contributed by atoms with Gasteiger partial charge in [0.05, 0.1) is 6.54 Å². The Morgan fingerprint density at radius 3 is 2.54 bits per heavy atom. The number of benzene rings is 2. The monoisotopic (exact) mass is 470 g/mol. The van der Waals surface area contributed by atoms with Crippen LogP contribution in [0.4, 0.5) is 10.5 Å². The maximum Gasteiger partial charge on any atom is 0.321 e. The van der Waals surface area contributed by atoms with Gasteiger partial charge in [-0.2, -0.15) is 0 Å². The van der Waals surface area contributed by atoms with Crippen LogP contribution in [0.3, 0.4) is 0 Å². The molecule has 1 saturated heterocycles. The molecule has 2 aliphatic rings. The van der Waals surface area contributed by atoms with Crippen LogP contribution in [0, 0.1) is 0 Å². The molecule has 35 heavy (non-hydrogen) atoms. The number of hydrogen-bond acceptors (Lipinski definition) is 6. The van der Waals surface area contributed by atoms with Crippen molar-refractivity contribution in [3.8, 4) is 17.2 Å². The molecule has 2 amide bonds. The molecule has 0 bridgehead atoms. The maximum atomic E-state index is 12.9. The topological polar surface area (TPSA) is 84.8 Å². The van der Waals surface area contributed by atoms with Gasteiger partial charge in [-0.1, -0.05) is 18.2 Å². The van der Waals surface area contributed by atoms with Crippen LogP contribution in [-0.4, -0.2) is 69.8 Å². The zero-order valence-electron chi connectivity index (χ0n) is 19.3. The van der Waals surface area contributed by atoms with E-state index in [4.69, 9.17) is 14.5 Å². The molecular formula is C26H26N6O3. The summed E-state index contributed by atoms with van der Waals surface area (Å²) in [7, 11) is 0. The predicted octanol–water partition coefficient (Wildman–Crippen LogP) is 3.54. The molecule has 1 N–H and O–H groups in total. The van der Waals surface area contributed by atoms with Gasteiger partial charge in [0.15, 0.2) is 17.1 Å². The highest BCUT2D eigenvalue weighted by Gasteiger charge is 2.24. The first-order chi connectivity index (χ1) is 17.2. The molecule has 2 aliphatic heterocycles. The summed E-state index contributed by atoms with van der Waals surface area (Å²) in [6, 6.07) is 19.5. The minimum absolute atomic E-state index is 0.109. The lowest BCUT2D eigenvalue weighted by Gasteiger charge is -2.34. The van der Waals surface area contributed by atoms with E-state index in [9.17, 15) is 4.79 Å². The normalized spacial score (nSPS) is 15.8. The average Bonchev–Trinajstić information content (AvgIpc) is 3.27. The number of fused-ring (bicyclic) bond motifs is 2. The number of para-hydroxylation sites is 1. The highest BCUT2D eigenvalue weighted by molar-refractivity contribution is 5.89.